The first-order valence-electron chi connectivity index (χ1n) is 14.0. The molecule has 1 N–H and O–H groups in total. The Balaban J connectivity index is 1.27. The SMILES string of the molecule is Cc1cc(Cl)c(OCC(=O)C2[C@H](C)CC3C4CCC5=CC(=O)C=CC5(C)C4[C@@H](O)CC32C)c2ccccc12. The third kappa shape index (κ3) is 3.74. The van der Waals surface area contributed by atoms with Gasteiger partial charge in [-0.2, -0.15) is 0 Å². The number of aliphatic hydroxyl groups is 1. The zero-order valence-electron chi connectivity index (χ0n) is 22.7. The van der Waals surface area contributed by atoms with Gasteiger partial charge in [0.25, 0.3) is 0 Å². The first kappa shape index (κ1) is 25.8. The molecule has 0 amide bonds. The number of rotatable bonds is 4. The molecular formula is C33H37ClO4. The quantitative estimate of drug-likeness (QED) is 0.465. The summed E-state index contributed by atoms with van der Waals surface area (Å²) in [4.78, 5) is 26.0. The second-order valence-corrected chi connectivity index (χ2v) is 13.2. The standard InChI is InChI=1S/C33H37ClO4/c1-18-14-26(34)31(23-8-6-5-7-22(18)23)38-17-28(37)29-19(2)13-25-24-10-9-20-15-21(35)11-12-32(20,3)30(24)27(36)16-33(25,29)4/h5-8,11-12,14-15,19,24-25,27,29-30,36H,9-10,13,16-17H2,1-4H3/t19-,24?,25?,27+,29?,30?,32?,33?/m1/s1. The molecule has 2 aromatic carbocycles. The second-order valence-electron chi connectivity index (χ2n) is 12.8. The van der Waals surface area contributed by atoms with Crippen LogP contribution in [0, 0.1) is 47.3 Å². The molecular weight excluding hydrogens is 496 g/mol. The summed E-state index contributed by atoms with van der Waals surface area (Å²) in [6.07, 6.45) is 8.39. The summed E-state index contributed by atoms with van der Waals surface area (Å²) in [5.74, 6) is 1.49. The number of aliphatic hydroxyl groups excluding tert-OH is 1. The number of benzene rings is 2. The van der Waals surface area contributed by atoms with E-state index in [9.17, 15) is 14.7 Å². The van der Waals surface area contributed by atoms with Gasteiger partial charge in [0.15, 0.2) is 11.6 Å². The lowest BCUT2D eigenvalue weighted by molar-refractivity contribution is -0.141. The van der Waals surface area contributed by atoms with Gasteiger partial charge in [-0.15, -0.1) is 0 Å². The monoisotopic (exact) mass is 532 g/mol. The molecule has 6 rings (SSSR count). The minimum absolute atomic E-state index is 0.0241. The molecule has 0 bridgehead atoms. The average Bonchev–Trinajstić information content (AvgIpc) is 3.13. The minimum atomic E-state index is -0.523. The van der Waals surface area contributed by atoms with Gasteiger partial charge in [0.05, 0.1) is 11.1 Å². The Hall–Kier alpha value is -2.43. The lowest BCUT2D eigenvalue weighted by Gasteiger charge is -2.58. The fraction of sp³-hybridized carbons (Fsp3) is 0.515. The van der Waals surface area contributed by atoms with Gasteiger partial charge < -0.3 is 9.84 Å². The molecule has 8 atom stereocenters. The van der Waals surface area contributed by atoms with Crippen LogP contribution in [0.2, 0.25) is 5.02 Å². The molecule has 0 spiro atoms. The Morgan fingerprint density at radius 1 is 1.21 bits per heavy atom. The van der Waals surface area contributed by atoms with Crippen molar-refractivity contribution < 1.29 is 19.4 Å². The van der Waals surface area contributed by atoms with Crippen LogP contribution in [0.25, 0.3) is 10.8 Å². The Labute approximate surface area is 230 Å². The summed E-state index contributed by atoms with van der Waals surface area (Å²) in [7, 11) is 0. The average molecular weight is 533 g/mol. The highest BCUT2D eigenvalue weighted by Gasteiger charge is 2.64. The molecule has 200 valence electrons. The van der Waals surface area contributed by atoms with Gasteiger partial charge in [0, 0.05) is 22.6 Å². The molecule has 0 saturated heterocycles. The maximum Gasteiger partial charge on any atom is 0.178 e. The number of ether oxygens (including phenoxy) is 1. The number of allylic oxidation sites excluding steroid dienone is 4. The van der Waals surface area contributed by atoms with Crippen LogP contribution in [0.3, 0.4) is 0 Å². The molecule has 38 heavy (non-hydrogen) atoms. The normalized spacial score (nSPS) is 37.8. The van der Waals surface area contributed by atoms with Crippen LogP contribution in [0.5, 0.6) is 5.75 Å². The van der Waals surface area contributed by atoms with Crippen LogP contribution in [0.4, 0.5) is 0 Å². The van der Waals surface area contributed by atoms with Crippen molar-refractivity contribution in [3.63, 3.8) is 0 Å². The smallest absolute Gasteiger partial charge is 0.178 e. The summed E-state index contributed by atoms with van der Waals surface area (Å²) >= 11 is 6.59. The number of aryl methyl sites for hydroxylation is 1. The van der Waals surface area contributed by atoms with Crippen molar-refractivity contribution >= 4 is 33.9 Å². The number of Topliss-reactive ketones (excluding diaryl/α,β-unsaturated/α-hetero) is 1. The van der Waals surface area contributed by atoms with Crippen molar-refractivity contribution in [1.29, 1.82) is 0 Å². The first-order chi connectivity index (χ1) is 18.0. The van der Waals surface area contributed by atoms with Crippen LogP contribution < -0.4 is 4.74 Å². The van der Waals surface area contributed by atoms with Gasteiger partial charge in [-0.3, -0.25) is 9.59 Å². The zero-order valence-corrected chi connectivity index (χ0v) is 23.4. The number of hydrogen-bond acceptors (Lipinski definition) is 4. The highest BCUT2D eigenvalue weighted by molar-refractivity contribution is 6.33. The third-order valence-electron chi connectivity index (χ3n) is 10.7. The molecule has 4 aliphatic carbocycles. The molecule has 3 fully saturated rings. The lowest BCUT2D eigenvalue weighted by Crippen LogP contribution is -2.56. The van der Waals surface area contributed by atoms with Crippen LogP contribution in [-0.4, -0.2) is 29.4 Å². The van der Waals surface area contributed by atoms with Gasteiger partial charge in [-0.05, 0) is 84.9 Å². The molecule has 0 radical (unpaired) electrons. The summed E-state index contributed by atoms with van der Waals surface area (Å²) in [5, 5.41) is 14.2. The Morgan fingerprint density at radius 2 is 1.95 bits per heavy atom. The maximum atomic E-state index is 13.9. The van der Waals surface area contributed by atoms with E-state index < -0.39 is 6.10 Å². The van der Waals surface area contributed by atoms with E-state index in [0.29, 0.717) is 29.0 Å². The molecule has 5 heteroatoms. The predicted molar refractivity (Wildman–Crippen MR) is 150 cm³/mol. The molecule has 0 aromatic heterocycles. The van der Waals surface area contributed by atoms with Crippen LogP contribution in [0.1, 0.15) is 52.0 Å². The Morgan fingerprint density at radius 3 is 2.71 bits per heavy atom. The number of ketones is 2. The number of hydrogen-bond donors (Lipinski definition) is 1. The van der Waals surface area contributed by atoms with Crippen molar-refractivity contribution in [2.75, 3.05) is 6.61 Å². The van der Waals surface area contributed by atoms with E-state index in [1.165, 1.54) is 0 Å². The second kappa shape index (κ2) is 9.06. The van der Waals surface area contributed by atoms with E-state index in [1.807, 2.05) is 43.3 Å². The molecule has 0 aliphatic heterocycles. The third-order valence-corrected chi connectivity index (χ3v) is 11.0. The molecule has 4 nitrogen and oxygen atoms in total. The Bertz CT molecular complexity index is 1390. The van der Waals surface area contributed by atoms with E-state index in [-0.39, 0.29) is 46.8 Å². The van der Waals surface area contributed by atoms with Crippen molar-refractivity contribution in [2.24, 2.45) is 40.4 Å². The lowest BCUT2D eigenvalue weighted by atomic mass is 9.46. The number of carbonyl (C=O) groups is 2. The molecule has 2 aromatic rings. The van der Waals surface area contributed by atoms with Crippen LogP contribution in [0.15, 0.2) is 54.1 Å². The summed E-state index contributed by atoms with van der Waals surface area (Å²) < 4.78 is 6.19. The fourth-order valence-corrected chi connectivity index (χ4v) is 9.57. The van der Waals surface area contributed by atoms with E-state index in [1.54, 1.807) is 12.2 Å². The number of carbonyl (C=O) groups excluding carboxylic acids is 2. The molecule has 4 aliphatic rings. The van der Waals surface area contributed by atoms with Crippen molar-refractivity contribution in [1.82, 2.24) is 0 Å². The van der Waals surface area contributed by atoms with Gasteiger partial charge in [-0.25, -0.2) is 0 Å². The van der Waals surface area contributed by atoms with Gasteiger partial charge in [0.1, 0.15) is 12.4 Å². The summed E-state index contributed by atoms with van der Waals surface area (Å²) in [5.41, 5.74) is 1.65. The van der Waals surface area contributed by atoms with E-state index >= 15 is 0 Å². The fourth-order valence-electron chi connectivity index (χ4n) is 9.25. The summed E-state index contributed by atoms with van der Waals surface area (Å²) in [6.45, 7) is 8.61. The molecule has 3 saturated carbocycles. The van der Waals surface area contributed by atoms with Gasteiger partial charge in [-0.1, -0.05) is 68.3 Å². The van der Waals surface area contributed by atoms with Gasteiger partial charge >= 0.3 is 0 Å². The highest BCUT2D eigenvalue weighted by Crippen LogP contribution is 2.67. The largest absolute Gasteiger partial charge is 0.484 e. The molecule has 6 unspecified atom stereocenters. The van der Waals surface area contributed by atoms with Crippen molar-refractivity contribution in [2.45, 2.75) is 59.5 Å². The van der Waals surface area contributed by atoms with E-state index in [4.69, 9.17) is 16.3 Å². The maximum absolute atomic E-state index is 13.9. The predicted octanol–water partition coefficient (Wildman–Crippen LogP) is 6.89. The number of fused-ring (bicyclic) bond motifs is 6. The minimum Gasteiger partial charge on any atom is -0.484 e. The zero-order chi connectivity index (χ0) is 27.0. The number of halogens is 1. The van der Waals surface area contributed by atoms with Crippen molar-refractivity contribution in [3.8, 4) is 5.75 Å². The Kier molecular flexibility index (Phi) is 6.16. The highest BCUT2D eigenvalue weighted by atomic mass is 35.5. The van der Waals surface area contributed by atoms with E-state index in [0.717, 1.165) is 41.2 Å². The topological polar surface area (TPSA) is 63.6 Å². The summed E-state index contributed by atoms with van der Waals surface area (Å²) in [6, 6.07) is 9.88. The first-order valence-corrected chi connectivity index (χ1v) is 14.4. The van der Waals surface area contributed by atoms with E-state index in [2.05, 4.69) is 20.8 Å². The van der Waals surface area contributed by atoms with Crippen molar-refractivity contribution in [3.05, 3.63) is 64.7 Å². The van der Waals surface area contributed by atoms with Gasteiger partial charge in [0.2, 0.25) is 0 Å². The molecule has 0 heterocycles. The van der Waals surface area contributed by atoms with Crippen LogP contribution in [-0.2, 0) is 9.59 Å². The van der Waals surface area contributed by atoms with Crippen LogP contribution >= 0.6 is 11.6 Å².